The largest absolute Gasteiger partial charge is 0.450 e. The fourth-order valence-electron chi connectivity index (χ4n) is 2.06. The summed E-state index contributed by atoms with van der Waals surface area (Å²) in [6.07, 6.45) is 5.58. The van der Waals surface area contributed by atoms with Gasteiger partial charge in [0.25, 0.3) is 0 Å². The van der Waals surface area contributed by atoms with Crippen LogP contribution in [0.1, 0.15) is 11.1 Å². The molecular weight excluding hydrogens is 207 g/mol. The highest BCUT2D eigenvalue weighted by Crippen LogP contribution is 2.21. The highest BCUT2D eigenvalue weighted by molar-refractivity contribution is 6.47. The van der Waals surface area contributed by atoms with Gasteiger partial charge in [-0.25, -0.2) is 0 Å². The third-order valence-corrected chi connectivity index (χ3v) is 2.93. The quantitative estimate of drug-likeness (QED) is 0.623. The first-order chi connectivity index (χ1) is 8.27. The Labute approximate surface area is 102 Å². The van der Waals surface area contributed by atoms with Crippen molar-refractivity contribution in [3.05, 3.63) is 60.2 Å². The van der Waals surface area contributed by atoms with Crippen molar-refractivity contribution in [3.63, 3.8) is 0 Å². The standard InChI is InChI=1S/C15H14BO/c1-3-4-8-14-11(2)13-9-6-5-7-12(13)10-15(14)16-17/h3-10,17H,1H2,2H3/b8-4-. The molecule has 0 aliphatic carbocycles. The van der Waals surface area contributed by atoms with Crippen LogP contribution in [0.3, 0.4) is 0 Å². The van der Waals surface area contributed by atoms with Gasteiger partial charge in [-0.1, -0.05) is 55.1 Å². The molecule has 0 saturated heterocycles. The van der Waals surface area contributed by atoms with Gasteiger partial charge in [0.05, 0.1) is 0 Å². The molecule has 2 aromatic rings. The molecule has 0 spiro atoms. The Kier molecular flexibility index (Phi) is 3.45. The molecule has 2 heteroatoms. The van der Waals surface area contributed by atoms with E-state index >= 15 is 0 Å². The molecule has 0 amide bonds. The van der Waals surface area contributed by atoms with Crippen molar-refractivity contribution in [2.75, 3.05) is 0 Å². The van der Waals surface area contributed by atoms with Crippen LogP contribution in [0, 0.1) is 6.92 Å². The predicted octanol–water partition coefficient (Wildman–Crippen LogP) is 2.58. The fourth-order valence-corrected chi connectivity index (χ4v) is 2.06. The molecule has 0 aliphatic heterocycles. The Bertz CT molecular complexity index is 585. The highest BCUT2D eigenvalue weighted by atomic mass is 16.2. The molecule has 1 N–H and O–H groups in total. The maximum Gasteiger partial charge on any atom is 0.327 e. The van der Waals surface area contributed by atoms with E-state index in [2.05, 4.69) is 25.6 Å². The number of hydrogen-bond acceptors (Lipinski definition) is 1. The lowest BCUT2D eigenvalue weighted by Gasteiger charge is -2.10. The molecule has 1 nitrogen and oxygen atoms in total. The second kappa shape index (κ2) is 5.02. The van der Waals surface area contributed by atoms with Crippen LogP contribution in [-0.2, 0) is 0 Å². The van der Waals surface area contributed by atoms with Crippen molar-refractivity contribution < 1.29 is 5.02 Å². The first kappa shape index (κ1) is 11.7. The summed E-state index contributed by atoms with van der Waals surface area (Å²) in [7, 11) is 1.15. The normalized spacial score (nSPS) is 10.9. The van der Waals surface area contributed by atoms with Gasteiger partial charge in [-0.2, -0.15) is 0 Å². The molecule has 2 aromatic carbocycles. The second-order valence-corrected chi connectivity index (χ2v) is 3.95. The van der Waals surface area contributed by atoms with Crippen molar-refractivity contribution in [2.45, 2.75) is 6.92 Å². The van der Waals surface area contributed by atoms with Gasteiger partial charge in [-0.15, -0.1) is 0 Å². The SMILES string of the molecule is C=C/C=C\c1c([B]O)cc2ccccc2c1C. The van der Waals surface area contributed by atoms with Crippen molar-refractivity contribution in [1.82, 2.24) is 0 Å². The average Bonchev–Trinajstić information content (AvgIpc) is 2.37. The Morgan fingerprint density at radius 1 is 1.29 bits per heavy atom. The lowest BCUT2D eigenvalue weighted by molar-refractivity contribution is 0.615. The van der Waals surface area contributed by atoms with Crippen LogP contribution < -0.4 is 5.46 Å². The van der Waals surface area contributed by atoms with E-state index in [1.54, 1.807) is 6.08 Å². The number of benzene rings is 2. The molecule has 0 fully saturated rings. The van der Waals surface area contributed by atoms with E-state index in [9.17, 15) is 5.02 Å². The van der Waals surface area contributed by atoms with Gasteiger partial charge in [-0.3, -0.25) is 0 Å². The summed E-state index contributed by atoms with van der Waals surface area (Å²) in [5.41, 5.74) is 3.03. The van der Waals surface area contributed by atoms with Gasteiger partial charge in [0.2, 0.25) is 0 Å². The molecule has 0 atom stereocenters. The van der Waals surface area contributed by atoms with Crippen LogP contribution in [0.15, 0.2) is 49.1 Å². The van der Waals surface area contributed by atoms with Crippen LogP contribution in [0.2, 0.25) is 0 Å². The summed E-state index contributed by atoms with van der Waals surface area (Å²) in [4.78, 5) is 0. The summed E-state index contributed by atoms with van der Waals surface area (Å²) >= 11 is 0. The fraction of sp³-hybridized carbons (Fsp3) is 0.0667. The van der Waals surface area contributed by atoms with Gasteiger partial charge in [0, 0.05) is 0 Å². The van der Waals surface area contributed by atoms with E-state index in [4.69, 9.17) is 0 Å². The smallest absolute Gasteiger partial charge is 0.327 e. The van der Waals surface area contributed by atoms with Crippen molar-refractivity contribution in [3.8, 4) is 0 Å². The molecule has 2 rings (SSSR count). The molecule has 0 unspecified atom stereocenters. The third kappa shape index (κ3) is 2.17. The molecule has 17 heavy (non-hydrogen) atoms. The zero-order valence-corrected chi connectivity index (χ0v) is 9.85. The summed E-state index contributed by atoms with van der Waals surface area (Å²) in [5.74, 6) is 0. The molecule has 0 aliphatic rings. The van der Waals surface area contributed by atoms with E-state index < -0.39 is 0 Å². The first-order valence-corrected chi connectivity index (χ1v) is 5.57. The predicted molar refractivity (Wildman–Crippen MR) is 75.5 cm³/mol. The van der Waals surface area contributed by atoms with Gasteiger partial charge < -0.3 is 5.02 Å². The van der Waals surface area contributed by atoms with Crippen molar-refractivity contribution in [2.24, 2.45) is 0 Å². The average molecular weight is 221 g/mol. The molecule has 0 bridgehead atoms. The second-order valence-electron chi connectivity index (χ2n) is 3.95. The zero-order valence-electron chi connectivity index (χ0n) is 9.85. The van der Waals surface area contributed by atoms with Crippen LogP contribution >= 0.6 is 0 Å². The minimum atomic E-state index is 0.833. The Balaban J connectivity index is 2.75. The lowest BCUT2D eigenvalue weighted by Crippen LogP contribution is -2.18. The molecule has 0 aromatic heterocycles. The van der Waals surface area contributed by atoms with Gasteiger partial charge in [-0.05, 0) is 34.3 Å². The number of allylic oxidation sites excluding steroid dienone is 2. The van der Waals surface area contributed by atoms with Gasteiger partial charge >= 0.3 is 7.48 Å². The summed E-state index contributed by atoms with van der Waals surface area (Å²) < 4.78 is 0. The zero-order chi connectivity index (χ0) is 12.3. The third-order valence-electron chi connectivity index (χ3n) is 2.93. The summed E-state index contributed by atoms with van der Waals surface area (Å²) in [6.45, 7) is 5.73. The number of hydrogen-bond donors (Lipinski definition) is 1. The molecule has 0 saturated carbocycles. The van der Waals surface area contributed by atoms with Crippen LogP contribution in [-0.4, -0.2) is 12.5 Å². The first-order valence-electron chi connectivity index (χ1n) is 5.57. The minimum Gasteiger partial charge on any atom is -0.450 e. The van der Waals surface area contributed by atoms with Crippen LogP contribution in [0.5, 0.6) is 0 Å². The lowest BCUT2D eigenvalue weighted by atomic mass is 9.80. The number of rotatable bonds is 3. The Hall–Kier alpha value is -1.80. The maximum atomic E-state index is 9.32. The minimum absolute atomic E-state index is 0.833. The number of aryl methyl sites for hydroxylation is 1. The van der Waals surface area contributed by atoms with E-state index in [0.29, 0.717) is 0 Å². The highest BCUT2D eigenvalue weighted by Gasteiger charge is 2.07. The summed E-state index contributed by atoms with van der Waals surface area (Å²) in [6, 6.07) is 10.2. The van der Waals surface area contributed by atoms with Crippen LogP contribution in [0.4, 0.5) is 0 Å². The summed E-state index contributed by atoms with van der Waals surface area (Å²) in [5, 5.41) is 11.7. The maximum absolute atomic E-state index is 9.32. The Morgan fingerprint density at radius 2 is 2.06 bits per heavy atom. The molecule has 0 heterocycles. The molecule has 83 valence electrons. The monoisotopic (exact) mass is 221 g/mol. The Morgan fingerprint density at radius 3 is 2.76 bits per heavy atom. The van der Waals surface area contributed by atoms with E-state index in [-0.39, 0.29) is 0 Å². The van der Waals surface area contributed by atoms with E-state index in [1.807, 2.05) is 30.4 Å². The van der Waals surface area contributed by atoms with E-state index in [0.717, 1.165) is 23.9 Å². The topological polar surface area (TPSA) is 20.2 Å². The molecule has 1 radical (unpaired) electrons. The van der Waals surface area contributed by atoms with E-state index in [1.165, 1.54) is 10.9 Å². The number of fused-ring (bicyclic) bond motifs is 1. The van der Waals surface area contributed by atoms with Gasteiger partial charge in [0.15, 0.2) is 0 Å². The molecular formula is C15H14BO. The van der Waals surface area contributed by atoms with Crippen molar-refractivity contribution in [1.29, 1.82) is 0 Å². The van der Waals surface area contributed by atoms with Crippen LogP contribution in [0.25, 0.3) is 16.8 Å². The van der Waals surface area contributed by atoms with Crippen molar-refractivity contribution >= 4 is 29.8 Å². The van der Waals surface area contributed by atoms with Gasteiger partial charge in [0.1, 0.15) is 0 Å².